The van der Waals surface area contributed by atoms with Crippen LogP contribution in [0.2, 0.25) is 0 Å². The maximum atomic E-state index is 12.4. The Bertz CT molecular complexity index is 528. The normalized spacial score (nSPS) is 34.6. The standard InChI is InChI=1S/C16H18O/c1-11(2)16-8-12-6-4-5-7-13(12)15(3,10-16)9-14(16)17/h4-7H,1,8-10H2,2-3H3/t15-,16+/m1/s1. The molecule has 1 nitrogen and oxygen atoms in total. The molecule has 1 saturated carbocycles. The minimum absolute atomic E-state index is 0.0326. The maximum Gasteiger partial charge on any atom is 0.144 e. The summed E-state index contributed by atoms with van der Waals surface area (Å²) in [5, 5.41) is 0. The molecule has 1 aromatic carbocycles. The van der Waals surface area contributed by atoms with Gasteiger partial charge in [0.05, 0.1) is 5.41 Å². The van der Waals surface area contributed by atoms with E-state index in [2.05, 4.69) is 37.8 Å². The predicted molar refractivity (Wildman–Crippen MR) is 69.0 cm³/mol. The zero-order valence-electron chi connectivity index (χ0n) is 10.5. The van der Waals surface area contributed by atoms with Gasteiger partial charge in [-0.05, 0) is 30.9 Å². The molecule has 1 heteroatoms. The highest BCUT2D eigenvalue weighted by atomic mass is 16.1. The van der Waals surface area contributed by atoms with Gasteiger partial charge in [0.1, 0.15) is 5.78 Å². The van der Waals surface area contributed by atoms with Gasteiger partial charge in [0.15, 0.2) is 0 Å². The molecule has 1 fully saturated rings. The van der Waals surface area contributed by atoms with Crippen molar-refractivity contribution in [3.05, 3.63) is 47.5 Å². The van der Waals surface area contributed by atoms with E-state index in [-0.39, 0.29) is 10.8 Å². The van der Waals surface area contributed by atoms with E-state index in [4.69, 9.17) is 0 Å². The molecule has 17 heavy (non-hydrogen) atoms. The van der Waals surface area contributed by atoms with Crippen molar-refractivity contribution in [3.8, 4) is 0 Å². The lowest BCUT2D eigenvalue weighted by Gasteiger charge is -2.38. The van der Waals surface area contributed by atoms with Crippen molar-refractivity contribution in [3.63, 3.8) is 0 Å². The molecule has 0 aliphatic heterocycles. The fourth-order valence-electron chi connectivity index (χ4n) is 3.83. The zero-order chi connectivity index (χ0) is 12.3. The molecule has 0 heterocycles. The van der Waals surface area contributed by atoms with Crippen LogP contribution in [0.15, 0.2) is 36.4 Å². The van der Waals surface area contributed by atoms with Gasteiger partial charge in [-0.25, -0.2) is 0 Å². The van der Waals surface area contributed by atoms with Crippen LogP contribution in [-0.2, 0) is 16.6 Å². The van der Waals surface area contributed by atoms with E-state index >= 15 is 0 Å². The highest BCUT2D eigenvalue weighted by Gasteiger charge is 2.56. The Morgan fingerprint density at radius 3 is 2.71 bits per heavy atom. The molecular weight excluding hydrogens is 208 g/mol. The van der Waals surface area contributed by atoms with E-state index in [1.807, 2.05) is 6.92 Å². The van der Waals surface area contributed by atoms with E-state index in [1.165, 1.54) is 11.1 Å². The molecule has 0 saturated heterocycles. The molecule has 0 spiro atoms. The molecule has 0 amide bonds. The molecule has 2 atom stereocenters. The summed E-state index contributed by atoms with van der Waals surface area (Å²) in [6.07, 6.45) is 2.48. The third kappa shape index (κ3) is 1.23. The minimum Gasteiger partial charge on any atom is -0.299 e. The number of hydrogen-bond donors (Lipinski definition) is 0. The van der Waals surface area contributed by atoms with Gasteiger partial charge in [0.25, 0.3) is 0 Å². The van der Waals surface area contributed by atoms with Crippen molar-refractivity contribution < 1.29 is 4.79 Å². The van der Waals surface area contributed by atoms with Crippen molar-refractivity contribution in [2.24, 2.45) is 5.41 Å². The summed E-state index contributed by atoms with van der Waals surface area (Å²) in [6, 6.07) is 8.52. The van der Waals surface area contributed by atoms with Crippen LogP contribution >= 0.6 is 0 Å². The first-order valence-electron chi connectivity index (χ1n) is 6.26. The van der Waals surface area contributed by atoms with Gasteiger partial charge in [-0.2, -0.15) is 0 Å². The predicted octanol–water partition coefficient (Wildman–Crippen LogP) is 3.43. The first-order valence-corrected chi connectivity index (χ1v) is 6.26. The van der Waals surface area contributed by atoms with Crippen molar-refractivity contribution in [2.45, 2.75) is 38.5 Å². The first-order chi connectivity index (χ1) is 7.98. The maximum absolute atomic E-state index is 12.4. The number of carbonyl (C=O) groups excluding carboxylic acids is 1. The molecule has 88 valence electrons. The van der Waals surface area contributed by atoms with E-state index in [0.717, 1.165) is 18.4 Å². The van der Waals surface area contributed by atoms with Gasteiger partial charge in [0, 0.05) is 11.8 Å². The molecule has 0 unspecified atom stereocenters. The lowest BCUT2D eigenvalue weighted by Crippen LogP contribution is -2.34. The largest absolute Gasteiger partial charge is 0.299 e. The van der Waals surface area contributed by atoms with Crippen LogP contribution in [0.3, 0.4) is 0 Å². The lowest BCUT2D eigenvalue weighted by atomic mass is 9.64. The fourth-order valence-corrected chi connectivity index (χ4v) is 3.83. The third-order valence-corrected chi connectivity index (χ3v) is 4.75. The summed E-state index contributed by atoms with van der Waals surface area (Å²) < 4.78 is 0. The number of allylic oxidation sites excluding steroid dienone is 1. The number of carbonyl (C=O) groups is 1. The van der Waals surface area contributed by atoms with E-state index in [0.29, 0.717) is 12.2 Å². The fraction of sp³-hybridized carbons (Fsp3) is 0.438. The molecule has 1 aromatic rings. The van der Waals surface area contributed by atoms with Crippen LogP contribution in [0.4, 0.5) is 0 Å². The molecule has 0 N–H and O–H groups in total. The Morgan fingerprint density at radius 2 is 2.00 bits per heavy atom. The summed E-state index contributed by atoms with van der Waals surface area (Å²) >= 11 is 0. The Morgan fingerprint density at radius 1 is 1.29 bits per heavy atom. The molecule has 2 aliphatic carbocycles. The Hall–Kier alpha value is -1.37. The number of hydrogen-bond acceptors (Lipinski definition) is 1. The minimum atomic E-state index is -0.275. The van der Waals surface area contributed by atoms with Crippen LogP contribution in [0, 0.1) is 5.41 Å². The SMILES string of the molecule is C=C(C)[C@@]12Cc3ccccc3[C@](C)(CC1=O)C2. The molecule has 0 radical (unpaired) electrons. The number of rotatable bonds is 1. The first kappa shape index (κ1) is 10.8. The van der Waals surface area contributed by atoms with Gasteiger partial charge < -0.3 is 0 Å². The van der Waals surface area contributed by atoms with Crippen LogP contribution in [0.25, 0.3) is 0 Å². The van der Waals surface area contributed by atoms with Gasteiger partial charge in [-0.15, -0.1) is 0 Å². The summed E-state index contributed by atoms with van der Waals surface area (Å²) in [7, 11) is 0. The summed E-state index contributed by atoms with van der Waals surface area (Å²) in [6.45, 7) is 8.32. The Balaban J connectivity index is 2.23. The highest BCUT2D eigenvalue weighted by Crippen LogP contribution is 2.57. The van der Waals surface area contributed by atoms with E-state index in [1.54, 1.807) is 0 Å². The molecule has 3 rings (SSSR count). The number of benzene rings is 1. The molecule has 2 bridgehead atoms. The second-order valence-corrected chi connectivity index (χ2v) is 6.03. The average molecular weight is 226 g/mol. The van der Waals surface area contributed by atoms with E-state index in [9.17, 15) is 4.79 Å². The monoisotopic (exact) mass is 226 g/mol. The zero-order valence-corrected chi connectivity index (χ0v) is 10.5. The molecule has 0 aromatic heterocycles. The second kappa shape index (κ2) is 3.10. The van der Waals surface area contributed by atoms with E-state index < -0.39 is 0 Å². The smallest absolute Gasteiger partial charge is 0.144 e. The average Bonchev–Trinajstić information content (AvgIpc) is 2.49. The van der Waals surface area contributed by atoms with Crippen molar-refractivity contribution in [1.82, 2.24) is 0 Å². The second-order valence-electron chi connectivity index (χ2n) is 6.03. The quantitative estimate of drug-likeness (QED) is 0.670. The van der Waals surface area contributed by atoms with Crippen molar-refractivity contribution >= 4 is 5.78 Å². The highest BCUT2D eigenvalue weighted by molar-refractivity contribution is 5.93. The van der Waals surface area contributed by atoms with Crippen LogP contribution in [0.5, 0.6) is 0 Å². The molecular formula is C16H18O. The van der Waals surface area contributed by atoms with Gasteiger partial charge in [-0.1, -0.05) is 43.3 Å². The summed E-state index contributed by atoms with van der Waals surface area (Å²) in [5.74, 6) is 0.392. The number of fused-ring (bicyclic) bond motifs is 4. The van der Waals surface area contributed by atoms with Crippen LogP contribution in [0.1, 0.15) is 37.8 Å². The summed E-state index contributed by atoms with van der Waals surface area (Å²) in [5.41, 5.74) is 3.52. The van der Waals surface area contributed by atoms with Crippen molar-refractivity contribution in [1.29, 1.82) is 0 Å². The Labute approximate surface area is 103 Å². The number of ketones is 1. The number of Topliss-reactive ketones (excluding diaryl/α,β-unsaturated/α-hetero) is 1. The molecule has 2 aliphatic rings. The van der Waals surface area contributed by atoms with Gasteiger partial charge >= 0.3 is 0 Å². The van der Waals surface area contributed by atoms with Gasteiger partial charge in [-0.3, -0.25) is 4.79 Å². The Kier molecular flexibility index (Phi) is 1.96. The van der Waals surface area contributed by atoms with Crippen LogP contribution in [-0.4, -0.2) is 5.78 Å². The topological polar surface area (TPSA) is 17.1 Å². The van der Waals surface area contributed by atoms with Gasteiger partial charge in [0.2, 0.25) is 0 Å². The third-order valence-electron chi connectivity index (χ3n) is 4.75. The van der Waals surface area contributed by atoms with Crippen molar-refractivity contribution in [2.75, 3.05) is 0 Å². The van der Waals surface area contributed by atoms with Crippen LogP contribution < -0.4 is 0 Å². The lowest BCUT2D eigenvalue weighted by molar-refractivity contribution is -0.124. The summed E-state index contributed by atoms with van der Waals surface area (Å²) in [4.78, 5) is 12.4.